The zero-order valence-electron chi connectivity index (χ0n) is 28.6. The van der Waals surface area contributed by atoms with E-state index in [0.29, 0.717) is 0 Å². The fourth-order valence-corrected chi connectivity index (χ4v) is 9.39. The van der Waals surface area contributed by atoms with Crippen LogP contribution in [0.3, 0.4) is 0 Å². The second-order valence-electron chi connectivity index (χ2n) is 14.4. The summed E-state index contributed by atoms with van der Waals surface area (Å²) in [6.45, 7) is 6.94. The van der Waals surface area contributed by atoms with E-state index in [2.05, 4.69) is 143 Å². The predicted octanol–water partition coefficient (Wildman–Crippen LogP) is 11.6. The molecule has 0 saturated carbocycles. The Balaban J connectivity index is 1.20. The van der Waals surface area contributed by atoms with Gasteiger partial charge in [-0.3, -0.25) is 0 Å². The van der Waals surface area contributed by atoms with Crippen LogP contribution < -0.4 is 4.57 Å². The van der Waals surface area contributed by atoms with Gasteiger partial charge in [0.15, 0.2) is 11.8 Å². The number of nitrogens with zero attached hydrogens (tertiary/aromatic N) is 3. The van der Waals surface area contributed by atoms with Gasteiger partial charge in [0, 0.05) is 55.6 Å². The van der Waals surface area contributed by atoms with Crippen LogP contribution in [-0.2, 0) is 6.42 Å². The lowest BCUT2D eigenvalue weighted by Gasteiger charge is -2.30. The van der Waals surface area contributed by atoms with E-state index in [-0.39, 0.29) is 12.0 Å². The summed E-state index contributed by atoms with van der Waals surface area (Å²) in [7, 11) is 0. The minimum atomic E-state index is 0.0296. The van der Waals surface area contributed by atoms with Crippen molar-refractivity contribution in [3.8, 4) is 11.3 Å². The normalized spacial score (nSPS) is 17.6. The van der Waals surface area contributed by atoms with Crippen LogP contribution in [0.15, 0.2) is 149 Å². The third-order valence-corrected chi connectivity index (χ3v) is 11.6. The fraction of sp³-hybridized carbons (Fsp3) is 0.149. The van der Waals surface area contributed by atoms with Gasteiger partial charge in [-0.15, -0.1) is 0 Å². The molecule has 2 aliphatic heterocycles. The molecule has 0 radical (unpaired) electrons. The van der Waals surface area contributed by atoms with Crippen molar-refractivity contribution in [3.05, 3.63) is 157 Å². The monoisotopic (exact) mass is 658 g/mol. The van der Waals surface area contributed by atoms with Crippen molar-refractivity contribution in [1.82, 2.24) is 4.40 Å². The Kier molecular flexibility index (Phi) is 6.07. The number of furan rings is 1. The summed E-state index contributed by atoms with van der Waals surface area (Å²) in [5, 5.41) is 7.30. The van der Waals surface area contributed by atoms with Crippen molar-refractivity contribution < 1.29 is 8.98 Å². The third kappa shape index (κ3) is 3.96. The van der Waals surface area contributed by atoms with Crippen molar-refractivity contribution in [3.63, 3.8) is 0 Å². The van der Waals surface area contributed by atoms with Crippen molar-refractivity contribution in [1.29, 1.82) is 0 Å². The van der Waals surface area contributed by atoms with Crippen molar-refractivity contribution >= 4 is 65.7 Å². The standard InChI is InChI=1S/C47H36N3O/c1-3-4-5-18-40-38-27-39-34-17-12-16-33-36-23-24-37-32-15-8-9-20-43(32)51-47(37)46(36)50(45(33)34)42(39)26-29(38)21-22-35-30-13-6-7-14-31(30)41-19-10-11-25-49(41)44(35)28(2)48-40/h5-20,23-27,35,44H,2-4,21-22H2,1H3/q+1/b18-5-,48-40?. The van der Waals surface area contributed by atoms with Crippen LogP contribution in [0.5, 0.6) is 0 Å². The molecule has 2 unspecified atom stereocenters. The van der Waals surface area contributed by atoms with E-state index in [9.17, 15) is 0 Å². The van der Waals surface area contributed by atoms with Crippen LogP contribution in [0.4, 0.5) is 0 Å². The smallest absolute Gasteiger partial charge is 0.213 e. The van der Waals surface area contributed by atoms with Gasteiger partial charge < -0.3 is 8.82 Å². The Morgan fingerprint density at radius 3 is 2.51 bits per heavy atom. The molecule has 0 N–H and O–H groups in total. The van der Waals surface area contributed by atoms with E-state index >= 15 is 0 Å². The average molecular weight is 659 g/mol. The number of para-hydroxylation sites is 2. The lowest BCUT2D eigenvalue weighted by Crippen LogP contribution is -2.48. The van der Waals surface area contributed by atoms with Gasteiger partial charge in [-0.05, 0) is 72.9 Å². The van der Waals surface area contributed by atoms with Crippen LogP contribution in [0.25, 0.3) is 71.3 Å². The van der Waals surface area contributed by atoms with E-state index in [0.717, 1.165) is 64.5 Å². The first-order valence-corrected chi connectivity index (χ1v) is 18.3. The summed E-state index contributed by atoms with van der Waals surface area (Å²) in [6.07, 6.45) is 10.8. The molecule has 2 aliphatic rings. The summed E-state index contributed by atoms with van der Waals surface area (Å²) < 4.78 is 11.6. The number of aliphatic imine (C=N–C) groups is 1. The molecule has 0 spiro atoms. The molecule has 51 heavy (non-hydrogen) atoms. The van der Waals surface area contributed by atoms with Crippen LogP contribution in [0.2, 0.25) is 0 Å². The number of hydrogen-bond acceptors (Lipinski definition) is 2. The molecule has 9 aromatic rings. The second kappa shape index (κ2) is 10.7. The Hall–Kier alpha value is -6.00. The molecule has 0 aliphatic carbocycles. The molecular weight excluding hydrogens is 623 g/mol. The molecule has 0 bridgehead atoms. The molecule has 2 atom stereocenters. The lowest BCUT2D eigenvalue weighted by atomic mass is 9.78. The summed E-state index contributed by atoms with van der Waals surface area (Å²) in [5.41, 5.74) is 13.8. The number of allylic oxidation sites excluding steroid dienone is 3. The SMILES string of the molecule is C=C1N=C(/C=C\CCC)c2cc3c4cccc5c6ccc7c8ccccc8oc7c6n(c3cc2CCC2c3ccccc3-c3cccc[n+]3C12)c45. The molecule has 244 valence electrons. The minimum absolute atomic E-state index is 0.0296. The van der Waals surface area contributed by atoms with Crippen LogP contribution in [0, 0.1) is 0 Å². The molecule has 0 saturated heterocycles. The van der Waals surface area contributed by atoms with Gasteiger partial charge in [0.2, 0.25) is 11.7 Å². The van der Waals surface area contributed by atoms with Gasteiger partial charge >= 0.3 is 0 Å². The molecule has 0 fully saturated rings. The summed E-state index contributed by atoms with van der Waals surface area (Å²) in [6, 6.07) is 40.0. The number of hydrogen-bond donors (Lipinski definition) is 0. The number of fused-ring (bicyclic) bond motifs is 17. The maximum Gasteiger partial charge on any atom is 0.213 e. The Labute approximate surface area is 295 Å². The van der Waals surface area contributed by atoms with E-state index < -0.39 is 0 Å². The van der Waals surface area contributed by atoms with E-state index in [1.165, 1.54) is 60.5 Å². The van der Waals surface area contributed by atoms with Gasteiger partial charge in [-0.1, -0.05) is 86.7 Å². The summed E-state index contributed by atoms with van der Waals surface area (Å²) >= 11 is 0. The number of aromatic nitrogens is 2. The quantitative estimate of drug-likeness (QED) is 0.174. The molecule has 6 heterocycles. The highest BCUT2D eigenvalue weighted by Crippen LogP contribution is 2.47. The maximum absolute atomic E-state index is 6.69. The Morgan fingerprint density at radius 2 is 1.59 bits per heavy atom. The first-order chi connectivity index (χ1) is 25.2. The van der Waals surface area contributed by atoms with Crippen molar-refractivity contribution in [2.24, 2.45) is 4.99 Å². The second-order valence-corrected chi connectivity index (χ2v) is 14.4. The zero-order valence-corrected chi connectivity index (χ0v) is 28.6. The van der Waals surface area contributed by atoms with E-state index in [4.69, 9.17) is 16.0 Å². The van der Waals surface area contributed by atoms with Crippen LogP contribution in [0.1, 0.15) is 54.8 Å². The number of rotatable bonds is 3. The van der Waals surface area contributed by atoms with Gasteiger partial charge in [-0.25, -0.2) is 4.99 Å². The molecule has 11 rings (SSSR count). The zero-order chi connectivity index (χ0) is 33.8. The molecule has 4 aromatic heterocycles. The first-order valence-electron chi connectivity index (χ1n) is 18.3. The number of pyridine rings is 1. The van der Waals surface area contributed by atoms with Gasteiger partial charge in [0.05, 0.1) is 28.2 Å². The molecule has 4 nitrogen and oxygen atoms in total. The minimum Gasteiger partial charge on any atom is -0.454 e. The fourth-order valence-electron chi connectivity index (χ4n) is 9.39. The summed E-state index contributed by atoms with van der Waals surface area (Å²) in [5.74, 6) is 0.240. The highest BCUT2D eigenvalue weighted by atomic mass is 16.3. The Morgan fingerprint density at radius 1 is 0.804 bits per heavy atom. The maximum atomic E-state index is 6.69. The molecular formula is C47H36N3O+. The highest BCUT2D eigenvalue weighted by molar-refractivity contribution is 6.28. The van der Waals surface area contributed by atoms with Gasteiger partial charge in [-0.2, -0.15) is 4.57 Å². The van der Waals surface area contributed by atoms with Crippen LogP contribution >= 0.6 is 0 Å². The number of aryl methyl sites for hydroxylation is 1. The van der Waals surface area contributed by atoms with Gasteiger partial charge in [0.25, 0.3) is 0 Å². The average Bonchev–Trinajstić information content (AvgIpc) is 3.83. The van der Waals surface area contributed by atoms with E-state index in [1.54, 1.807) is 0 Å². The number of unbranched alkanes of at least 4 members (excludes halogenated alkanes) is 1. The lowest BCUT2D eigenvalue weighted by molar-refractivity contribution is -0.709. The van der Waals surface area contributed by atoms with Crippen molar-refractivity contribution in [2.75, 3.05) is 0 Å². The topological polar surface area (TPSA) is 33.8 Å². The molecule has 4 heteroatoms. The van der Waals surface area contributed by atoms with Gasteiger partial charge in [0.1, 0.15) is 11.3 Å². The number of benzene rings is 5. The van der Waals surface area contributed by atoms with Crippen molar-refractivity contribution in [2.45, 2.75) is 44.6 Å². The largest absolute Gasteiger partial charge is 0.454 e. The Bertz CT molecular complexity index is 2970. The predicted molar refractivity (Wildman–Crippen MR) is 210 cm³/mol. The molecule has 0 amide bonds. The van der Waals surface area contributed by atoms with E-state index in [1.807, 2.05) is 0 Å². The summed E-state index contributed by atoms with van der Waals surface area (Å²) in [4.78, 5) is 5.48. The van der Waals surface area contributed by atoms with Crippen LogP contribution in [-0.4, -0.2) is 10.1 Å². The first kappa shape index (κ1) is 28.8. The third-order valence-electron chi connectivity index (χ3n) is 11.6. The highest BCUT2D eigenvalue weighted by Gasteiger charge is 2.42. The molecule has 5 aromatic carbocycles.